The van der Waals surface area contributed by atoms with E-state index in [2.05, 4.69) is 12.2 Å². The van der Waals surface area contributed by atoms with Crippen molar-refractivity contribution in [1.82, 2.24) is 0 Å². The highest BCUT2D eigenvalue weighted by Crippen LogP contribution is 2.27. The Labute approximate surface area is 94.3 Å². The van der Waals surface area contributed by atoms with E-state index in [1.165, 1.54) is 12.1 Å². The minimum atomic E-state index is -0.527. The van der Waals surface area contributed by atoms with Crippen LogP contribution in [0.5, 0.6) is 5.75 Å². The third-order valence-corrected chi connectivity index (χ3v) is 2.29. The van der Waals surface area contributed by atoms with Gasteiger partial charge in [0.25, 0.3) is 5.69 Å². The van der Waals surface area contributed by atoms with Crippen LogP contribution in [0.2, 0.25) is 0 Å². The molecule has 5 nitrogen and oxygen atoms in total. The van der Waals surface area contributed by atoms with E-state index < -0.39 is 4.92 Å². The topological polar surface area (TPSA) is 75.4 Å². The van der Waals surface area contributed by atoms with Crippen LogP contribution < -0.4 is 5.32 Å². The number of anilines is 1. The lowest BCUT2D eigenvalue weighted by Crippen LogP contribution is -2.01. The Morgan fingerprint density at radius 2 is 2.19 bits per heavy atom. The first-order valence-electron chi connectivity index (χ1n) is 5.36. The molecule has 0 saturated carbocycles. The Bertz CT molecular complexity index is 366. The Kier molecular flexibility index (Phi) is 4.57. The maximum atomic E-state index is 10.4. The molecule has 0 fully saturated rings. The predicted octanol–water partition coefficient (Wildman–Crippen LogP) is 2.90. The molecule has 0 atom stereocenters. The molecule has 5 heteroatoms. The molecule has 0 bridgehead atoms. The van der Waals surface area contributed by atoms with Crippen molar-refractivity contribution in [2.24, 2.45) is 0 Å². The van der Waals surface area contributed by atoms with Crippen LogP contribution in [0.4, 0.5) is 11.4 Å². The minimum absolute atomic E-state index is 0.0781. The highest BCUT2D eigenvalue weighted by Gasteiger charge is 2.09. The molecule has 2 N–H and O–H groups in total. The van der Waals surface area contributed by atoms with Crippen LogP contribution in [-0.4, -0.2) is 16.6 Å². The predicted molar refractivity (Wildman–Crippen MR) is 62.8 cm³/mol. The van der Waals surface area contributed by atoms with Gasteiger partial charge in [0.15, 0.2) is 0 Å². The lowest BCUT2D eigenvalue weighted by Gasteiger charge is -2.07. The van der Waals surface area contributed by atoms with Crippen molar-refractivity contribution in [3.05, 3.63) is 28.3 Å². The third-order valence-electron chi connectivity index (χ3n) is 2.29. The van der Waals surface area contributed by atoms with E-state index in [-0.39, 0.29) is 11.4 Å². The highest BCUT2D eigenvalue weighted by atomic mass is 16.6. The maximum Gasteiger partial charge on any atom is 0.273 e. The number of nitro benzene ring substituents is 1. The molecule has 0 amide bonds. The number of hydrogen-bond donors (Lipinski definition) is 2. The first-order valence-corrected chi connectivity index (χ1v) is 5.36. The van der Waals surface area contributed by atoms with Crippen molar-refractivity contribution >= 4 is 11.4 Å². The number of phenolic OH excluding ortho intramolecular Hbond substituents is 1. The van der Waals surface area contributed by atoms with E-state index in [4.69, 9.17) is 0 Å². The van der Waals surface area contributed by atoms with Gasteiger partial charge in [-0.1, -0.05) is 19.8 Å². The smallest absolute Gasteiger partial charge is 0.273 e. The van der Waals surface area contributed by atoms with Crippen LogP contribution in [0.1, 0.15) is 26.2 Å². The molecule has 16 heavy (non-hydrogen) atoms. The van der Waals surface area contributed by atoms with Gasteiger partial charge in [0, 0.05) is 12.6 Å². The van der Waals surface area contributed by atoms with Crippen molar-refractivity contribution in [2.75, 3.05) is 11.9 Å². The summed E-state index contributed by atoms with van der Waals surface area (Å²) in [6, 6.07) is 4.06. The fourth-order valence-electron chi connectivity index (χ4n) is 1.38. The number of hydrogen-bond acceptors (Lipinski definition) is 4. The Morgan fingerprint density at radius 3 is 2.75 bits per heavy atom. The summed E-state index contributed by atoms with van der Waals surface area (Å²) >= 11 is 0. The van der Waals surface area contributed by atoms with Gasteiger partial charge in [0.2, 0.25) is 0 Å². The largest absolute Gasteiger partial charge is 0.506 e. The second kappa shape index (κ2) is 5.95. The van der Waals surface area contributed by atoms with Crippen molar-refractivity contribution in [3.63, 3.8) is 0 Å². The first-order chi connectivity index (χ1) is 7.65. The van der Waals surface area contributed by atoms with E-state index in [0.29, 0.717) is 5.69 Å². The number of nitrogens with one attached hydrogen (secondary N) is 1. The van der Waals surface area contributed by atoms with Crippen LogP contribution in [0.3, 0.4) is 0 Å². The van der Waals surface area contributed by atoms with Crippen LogP contribution in [0.25, 0.3) is 0 Å². The zero-order valence-electron chi connectivity index (χ0n) is 9.27. The molecule has 0 heterocycles. The van der Waals surface area contributed by atoms with Gasteiger partial charge in [-0.15, -0.1) is 0 Å². The molecule has 0 aliphatic heterocycles. The van der Waals surface area contributed by atoms with Gasteiger partial charge in [-0.05, 0) is 12.5 Å². The molecule has 0 aromatic heterocycles. The number of benzene rings is 1. The number of nitro groups is 1. The summed E-state index contributed by atoms with van der Waals surface area (Å²) in [5.74, 6) is -0.0781. The van der Waals surface area contributed by atoms with Crippen molar-refractivity contribution in [2.45, 2.75) is 26.2 Å². The zero-order valence-corrected chi connectivity index (χ0v) is 9.27. The van der Waals surface area contributed by atoms with E-state index in [9.17, 15) is 15.2 Å². The number of phenols is 1. The number of nitrogens with zero attached hydrogens (tertiary/aromatic N) is 1. The molecule has 88 valence electrons. The maximum absolute atomic E-state index is 10.4. The second-order valence-electron chi connectivity index (χ2n) is 3.59. The molecular formula is C11H16N2O3. The van der Waals surface area contributed by atoms with Gasteiger partial charge in [-0.3, -0.25) is 10.1 Å². The summed E-state index contributed by atoms with van der Waals surface area (Å²) < 4.78 is 0. The van der Waals surface area contributed by atoms with Gasteiger partial charge in [-0.25, -0.2) is 0 Å². The molecule has 0 saturated heterocycles. The normalized spacial score (nSPS) is 10.1. The van der Waals surface area contributed by atoms with Gasteiger partial charge >= 0.3 is 0 Å². The second-order valence-corrected chi connectivity index (χ2v) is 3.59. The average Bonchev–Trinajstić information content (AvgIpc) is 2.26. The number of non-ortho nitro benzene ring substituents is 1. The lowest BCUT2D eigenvalue weighted by molar-refractivity contribution is -0.384. The summed E-state index contributed by atoms with van der Waals surface area (Å²) in [5.41, 5.74) is 0.443. The van der Waals surface area contributed by atoms with Crippen molar-refractivity contribution < 1.29 is 10.0 Å². The number of unbranched alkanes of at least 4 members (excludes halogenated alkanes) is 2. The van der Waals surface area contributed by atoms with Crippen molar-refractivity contribution in [3.8, 4) is 5.75 Å². The molecule has 1 aromatic carbocycles. The Hall–Kier alpha value is -1.78. The van der Waals surface area contributed by atoms with Crippen molar-refractivity contribution in [1.29, 1.82) is 0 Å². The molecule has 0 aliphatic rings. The van der Waals surface area contributed by atoms with E-state index in [1.807, 2.05) is 0 Å². The Morgan fingerprint density at radius 1 is 1.44 bits per heavy atom. The lowest BCUT2D eigenvalue weighted by atomic mass is 10.2. The van der Waals surface area contributed by atoms with Crippen LogP contribution in [-0.2, 0) is 0 Å². The first kappa shape index (κ1) is 12.3. The molecule has 1 aromatic rings. The molecular weight excluding hydrogens is 208 g/mol. The third kappa shape index (κ3) is 3.42. The molecule has 0 spiro atoms. The quantitative estimate of drug-likeness (QED) is 0.337. The number of aromatic hydroxyl groups is 1. The summed E-state index contributed by atoms with van der Waals surface area (Å²) in [6.07, 6.45) is 3.28. The Balaban J connectivity index is 2.57. The summed E-state index contributed by atoms with van der Waals surface area (Å²) in [7, 11) is 0. The molecule has 1 rings (SSSR count). The standard InChI is InChI=1S/C11H16N2O3/c1-2-3-4-7-12-10-6-5-9(13(15)16)8-11(10)14/h5-6,8,12,14H,2-4,7H2,1H3. The summed E-state index contributed by atoms with van der Waals surface area (Å²) in [5, 5.41) is 23.0. The van der Waals surface area contributed by atoms with E-state index in [0.717, 1.165) is 31.9 Å². The van der Waals surface area contributed by atoms with Crippen LogP contribution >= 0.6 is 0 Å². The van der Waals surface area contributed by atoms with Gasteiger partial charge in [0.1, 0.15) is 5.75 Å². The molecule has 0 aliphatic carbocycles. The molecule has 0 unspecified atom stereocenters. The summed E-state index contributed by atoms with van der Waals surface area (Å²) in [6.45, 7) is 2.88. The zero-order chi connectivity index (χ0) is 12.0. The SMILES string of the molecule is CCCCCNc1ccc([N+](=O)[O-])cc1O. The van der Waals surface area contributed by atoms with Crippen LogP contribution in [0, 0.1) is 10.1 Å². The van der Waals surface area contributed by atoms with Gasteiger partial charge in [-0.2, -0.15) is 0 Å². The molecule has 0 radical (unpaired) electrons. The number of rotatable bonds is 6. The van der Waals surface area contributed by atoms with Gasteiger partial charge < -0.3 is 10.4 Å². The highest BCUT2D eigenvalue weighted by molar-refractivity contribution is 5.59. The van der Waals surface area contributed by atoms with E-state index >= 15 is 0 Å². The minimum Gasteiger partial charge on any atom is -0.506 e. The monoisotopic (exact) mass is 224 g/mol. The van der Waals surface area contributed by atoms with Gasteiger partial charge in [0.05, 0.1) is 16.7 Å². The fraction of sp³-hybridized carbons (Fsp3) is 0.455. The summed E-state index contributed by atoms with van der Waals surface area (Å²) in [4.78, 5) is 9.91. The fourth-order valence-corrected chi connectivity index (χ4v) is 1.38. The average molecular weight is 224 g/mol. The van der Waals surface area contributed by atoms with E-state index in [1.54, 1.807) is 0 Å². The van der Waals surface area contributed by atoms with Crippen LogP contribution in [0.15, 0.2) is 18.2 Å².